The molecule has 0 N–H and O–H groups in total. The summed E-state index contributed by atoms with van der Waals surface area (Å²) in [5.74, 6) is 2.58. The second-order valence-electron chi connectivity index (χ2n) is 5.09. The van der Waals surface area contributed by atoms with E-state index in [1.54, 1.807) is 4.90 Å². The summed E-state index contributed by atoms with van der Waals surface area (Å²) in [6.07, 6.45) is 4.00. The number of alkyl halides is 3. The van der Waals surface area contributed by atoms with Crippen molar-refractivity contribution in [3.8, 4) is 12.3 Å². The summed E-state index contributed by atoms with van der Waals surface area (Å²) in [5, 5.41) is 0. The van der Waals surface area contributed by atoms with Gasteiger partial charge in [0.05, 0.1) is 6.04 Å². The van der Waals surface area contributed by atoms with Crippen molar-refractivity contribution >= 4 is 0 Å². The van der Waals surface area contributed by atoms with Gasteiger partial charge in [0.1, 0.15) is 0 Å². The summed E-state index contributed by atoms with van der Waals surface area (Å²) in [6.45, 7) is 0.704. The van der Waals surface area contributed by atoms with Crippen molar-refractivity contribution in [1.29, 1.82) is 0 Å². The summed E-state index contributed by atoms with van der Waals surface area (Å²) in [4.78, 5) is 1.75. The lowest BCUT2D eigenvalue weighted by molar-refractivity contribution is -0.293. The lowest BCUT2D eigenvalue weighted by atomic mass is 9.92. The third-order valence-electron chi connectivity index (χ3n) is 3.88. The highest BCUT2D eigenvalue weighted by Crippen LogP contribution is 2.41. The van der Waals surface area contributed by atoms with Gasteiger partial charge >= 0.3 is 6.18 Å². The molecule has 2 nitrogen and oxygen atoms in total. The standard InChI is InChI=1S/C13H18F3NO/c1-2-11-6-5-8-17(11)10-12(13(14,15)16)7-3-4-9-18-12/h1,11H,3-10H2/t11-,12?/m1/s1. The Balaban J connectivity index is 2.13. The topological polar surface area (TPSA) is 12.5 Å². The van der Waals surface area contributed by atoms with Gasteiger partial charge in [-0.15, -0.1) is 6.42 Å². The molecule has 2 aliphatic heterocycles. The van der Waals surface area contributed by atoms with Crippen molar-refractivity contribution in [3.63, 3.8) is 0 Å². The van der Waals surface area contributed by atoms with Gasteiger partial charge in [0, 0.05) is 13.2 Å². The largest absolute Gasteiger partial charge is 0.418 e. The molecule has 1 unspecified atom stereocenters. The Morgan fingerprint density at radius 2 is 2.11 bits per heavy atom. The summed E-state index contributed by atoms with van der Waals surface area (Å²) in [6, 6.07) is -0.172. The minimum Gasteiger partial charge on any atom is -0.364 e. The van der Waals surface area contributed by atoms with Gasteiger partial charge < -0.3 is 4.74 Å². The van der Waals surface area contributed by atoms with Crippen molar-refractivity contribution in [1.82, 2.24) is 4.90 Å². The van der Waals surface area contributed by atoms with Crippen LogP contribution in [0.1, 0.15) is 32.1 Å². The molecule has 2 heterocycles. The number of nitrogens with zero attached hydrogens (tertiary/aromatic N) is 1. The zero-order chi connectivity index (χ0) is 13.2. The van der Waals surface area contributed by atoms with Crippen LogP contribution in [0.3, 0.4) is 0 Å². The molecule has 0 radical (unpaired) electrons. The molecule has 0 spiro atoms. The van der Waals surface area contributed by atoms with Crippen molar-refractivity contribution in [2.45, 2.75) is 49.9 Å². The first-order valence-electron chi connectivity index (χ1n) is 6.39. The highest BCUT2D eigenvalue weighted by atomic mass is 19.4. The van der Waals surface area contributed by atoms with Crippen molar-refractivity contribution in [2.24, 2.45) is 0 Å². The number of likely N-dealkylation sites (tertiary alicyclic amines) is 1. The monoisotopic (exact) mass is 261 g/mol. The first-order chi connectivity index (χ1) is 8.48. The van der Waals surface area contributed by atoms with Gasteiger partial charge in [0.25, 0.3) is 0 Å². The Kier molecular flexibility index (Phi) is 3.88. The van der Waals surface area contributed by atoms with E-state index in [0.717, 1.165) is 12.8 Å². The Bertz CT molecular complexity index is 328. The fraction of sp³-hybridized carbons (Fsp3) is 0.846. The average molecular weight is 261 g/mol. The average Bonchev–Trinajstić information content (AvgIpc) is 2.76. The van der Waals surface area contributed by atoms with Crippen LogP contribution in [0.4, 0.5) is 13.2 Å². The second kappa shape index (κ2) is 5.10. The van der Waals surface area contributed by atoms with Gasteiger partial charge in [-0.25, -0.2) is 0 Å². The lowest BCUT2D eigenvalue weighted by Gasteiger charge is -2.41. The van der Waals surface area contributed by atoms with E-state index in [1.807, 2.05) is 0 Å². The lowest BCUT2D eigenvalue weighted by Crippen LogP contribution is -2.57. The molecule has 0 saturated carbocycles. The number of halogens is 3. The third-order valence-corrected chi connectivity index (χ3v) is 3.88. The van der Waals surface area contributed by atoms with E-state index >= 15 is 0 Å². The van der Waals surface area contributed by atoms with Crippen LogP contribution in [0.15, 0.2) is 0 Å². The van der Waals surface area contributed by atoms with Crippen molar-refractivity contribution in [3.05, 3.63) is 0 Å². The Labute approximate surface area is 105 Å². The van der Waals surface area contributed by atoms with E-state index in [-0.39, 0.29) is 25.6 Å². The first kappa shape index (κ1) is 13.7. The van der Waals surface area contributed by atoms with Crippen LogP contribution in [0.2, 0.25) is 0 Å². The van der Waals surface area contributed by atoms with Gasteiger partial charge in [-0.05, 0) is 38.6 Å². The SMILES string of the molecule is C#C[C@@H]1CCCN1CC1(C(F)(F)F)CCCCO1. The summed E-state index contributed by atoms with van der Waals surface area (Å²) < 4.78 is 45.0. The molecule has 0 aliphatic carbocycles. The molecule has 2 fully saturated rings. The van der Waals surface area contributed by atoms with Crippen LogP contribution < -0.4 is 0 Å². The molecule has 2 atom stereocenters. The minimum absolute atomic E-state index is 0.0459. The summed E-state index contributed by atoms with van der Waals surface area (Å²) in [7, 11) is 0. The van der Waals surface area contributed by atoms with Gasteiger partial charge in [-0.2, -0.15) is 13.2 Å². The fourth-order valence-electron chi connectivity index (χ4n) is 2.82. The van der Waals surface area contributed by atoms with E-state index < -0.39 is 11.8 Å². The van der Waals surface area contributed by atoms with Crippen LogP contribution in [0.25, 0.3) is 0 Å². The maximum atomic E-state index is 13.3. The van der Waals surface area contributed by atoms with E-state index in [1.165, 1.54) is 0 Å². The smallest absolute Gasteiger partial charge is 0.364 e. The van der Waals surface area contributed by atoms with Gasteiger partial charge in [0.2, 0.25) is 0 Å². The van der Waals surface area contributed by atoms with Crippen LogP contribution in [-0.2, 0) is 4.74 Å². The number of rotatable bonds is 2. The quantitative estimate of drug-likeness (QED) is 0.708. The van der Waals surface area contributed by atoms with Crippen LogP contribution in [-0.4, -0.2) is 42.4 Å². The maximum absolute atomic E-state index is 13.3. The minimum atomic E-state index is -4.32. The first-order valence-corrected chi connectivity index (χ1v) is 6.39. The molecule has 0 amide bonds. The van der Waals surface area contributed by atoms with Crippen LogP contribution in [0, 0.1) is 12.3 Å². The Hall–Kier alpha value is -0.730. The predicted octanol–water partition coefficient (Wildman–Crippen LogP) is 2.59. The highest BCUT2D eigenvalue weighted by Gasteiger charge is 2.57. The summed E-state index contributed by atoms with van der Waals surface area (Å²) >= 11 is 0. The molecule has 5 heteroatoms. The molecule has 102 valence electrons. The summed E-state index contributed by atoms with van der Waals surface area (Å²) in [5.41, 5.74) is -2.01. The molecule has 0 aromatic rings. The van der Waals surface area contributed by atoms with Gasteiger partial charge in [-0.1, -0.05) is 5.92 Å². The van der Waals surface area contributed by atoms with Crippen LogP contribution in [0.5, 0.6) is 0 Å². The predicted molar refractivity (Wildman–Crippen MR) is 62.0 cm³/mol. The van der Waals surface area contributed by atoms with E-state index in [0.29, 0.717) is 19.4 Å². The van der Waals surface area contributed by atoms with E-state index in [2.05, 4.69) is 5.92 Å². The number of hydrogen-bond acceptors (Lipinski definition) is 2. The molecular formula is C13H18F3NO. The van der Waals surface area contributed by atoms with Crippen molar-refractivity contribution < 1.29 is 17.9 Å². The molecule has 0 bridgehead atoms. The van der Waals surface area contributed by atoms with Gasteiger partial charge in [-0.3, -0.25) is 4.90 Å². The Morgan fingerprint density at radius 3 is 2.67 bits per heavy atom. The second-order valence-corrected chi connectivity index (χ2v) is 5.09. The van der Waals surface area contributed by atoms with Crippen LogP contribution >= 0.6 is 0 Å². The van der Waals surface area contributed by atoms with Gasteiger partial charge in [0.15, 0.2) is 5.60 Å². The van der Waals surface area contributed by atoms with Crippen molar-refractivity contribution in [2.75, 3.05) is 19.7 Å². The third kappa shape index (κ3) is 2.50. The Morgan fingerprint density at radius 1 is 1.33 bits per heavy atom. The maximum Gasteiger partial charge on any atom is 0.418 e. The fourth-order valence-corrected chi connectivity index (χ4v) is 2.82. The normalized spacial score (nSPS) is 34.4. The molecule has 0 aromatic heterocycles. The molecule has 18 heavy (non-hydrogen) atoms. The number of ether oxygens (including phenoxy) is 1. The molecule has 2 rings (SSSR count). The zero-order valence-corrected chi connectivity index (χ0v) is 10.3. The zero-order valence-electron chi connectivity index (χ0n) is 10.3. The number of terminal acetylenes is 1. The molecule has 0 aromatic carbocycles. The highest BCUT2D eigenvalue weighted by molar-refractivity contribution is 5.05. The molecular weight excluding hydrogens is 243 g/mol. The number of hydrogen-bond donors (Lipinski definition) is 0. The van der Waals surface area contributed by atoms with E-state index in [9.17, 15) is 13.2 Å². The molecule has 2 aliphatic rings. The molecule has 2 saturated heterocycles. The van der Waals surface area contributed by atoms with E-state index in [4.69, 9.17) is 11.2 Å².